The smallest absolute Gasteiger partial charge is 0.308 e. The number of carboxylic acids is 1. The van der Waals surface area contributed by atoms with Crippen LogP contribution < -0.4 is 9.47 Å². The van der Waals surface area contributed by atoms with Gasteiger partial charge >= 0.3 is 11.9 Å². The standard InChI is InChI=1S/C26H34O7S/c1-21(27)33-23-14-18-25(19-15-23)34(30,31)24-16-12-22(13-17-24)32-20-10-8-6-4-2-3-5-7-9-11-26(28)29/h12-19H,2-11,20H2,1H3,(H,28,29). The third-order valence-corrected chi connectivity index (χ3v) is 7.12. The van der Waals surface area contributed by atoms with Gasteiger partial charge in [0.05, 0.1) is 16.4 Å². The van der Waals surface area contributed by atoms with E-state index in [0.29, 0.717) is 18.1 Å². The Balaban J connectivity index is 1.65. The molecule has 0 unspecified atom stereocenters. The van der Waals surface area contributed by atoms with Crippen molar-refractivity contribution in [3.63, 3.8) is 0 Å². The van der Waals surface area contributed by atoms with E-state index in [1.165, 1.54) is 56.2 Å². The molecule has 2 aromatic rings. The van der Waals surface area contributed by atoms with E-state index >= 15 is 0 Å². The second kappa shape index (κ2) is 14.4. The SMILES string of the molecule is CC(=O)Oc1ccc(S(=O)(=O)c2ccc(OCCCCCCCCCCCC(=O)O)cc2)cc1. The molecule has 1 N–H and O–H groups in total. The highest BCUT2D eigenvalue weighted by Gasteiger charge is 2.18. The Bertz CT molecular complexity index is 996. The average molecular weight is 491 g/mol. The molecule has 2 aromatic carbocycles. The van der Waals surface area contributed by atoms with Gasteiger partial charge in [0.15, 0.2) is 0 Å². The lowest BCUT2D eigenvalue weighted by Gasteiger charge is -2.09. The minimum Gasteiger partial charge on any atom is -0.494 e. The van der Waals surface area contributed by atoms with E-state index in [2.05, 4.69) is 0 Å². The number of esters is 1. The van der Waals surface area contributed by atoms with Crippen molar-refractivity contribution in [3.05, 3.63) is 48.5 Å². The quantitative estimate of drug-likeness (QED) is 0.180. The summed E-state index contributed by atoms with van der Waals surface area (Å²) in [4.78, 5) is 21.7. The zero-order valence-corrected chi connectivity index (χ0v) is 20.5. The van der Waals surface area contributed by atoms with Crippen LogP contribution in [0.3, 0.4) is 0 Å². The van der Waals surface area contributed by atoms with Gasteiger partial charge in [-0.2, -0.15) is 0 Å². The highest BCUT2D eigenvalue weighted by Crippen LogP contribution is 2.25. The van der Waals surface area contributed by atoms with Crippen LogP contribution in [0, 0.1) is 0 Å². The number of hydrogen-bond acceptors (Lipinski definition) is 6. The molecule has 0 spiro atoms. The number of benzene rings is 2. The molecule has 0 amide bonds. The molecule has 2 rings (SSSR count). The number of carbonyl (C=O) groups excluding carboxylic acids is 1. The van der Waals surface area contributed by atoms with E-state index < -0.39 is 21.8 Å². The van der Waals surface area contributed by atoms with E-state index in [0.717, 1.165) is 44.9 Å². The Morgan fingerprint density at radius 2 is 1.15 bits per heavy atom. The number of unbranched alkanes of at least 4 members (excludes halogenated alkanes) is 8. The van der Waals surface area contributed by atoms with E-state index in [9.17, 15) is 18.0 Å². The summed E-state index contributed by atoms with van der Waals surface area (Å²) in [6.45, 7) is 1.87. The number of sulfone groups is 1. The van der Waals surface area contributed by atoms with Crippen LogP contribution in [0.4, 0.5) is 0 Å². The minimum absolute atomic E-state index is 0.123. The summed E-state index contributed by atoms with van der Waals surface area (Å²) in [5.41, 5.74) is 0. The molecule has 0 aliphatic heterocycles. The van der Waals surface area contributed by atoms with Crippen LogP contribution in [0.5, 0.6) is 11.5 Å². The number of rotatable bonds is 16. The molecule has 0 aromatic heterocycles. The first-order valence-electron chi connectivity index (χ1n) is 11.8. The Labute approximate surface area is 202 Å². The van der Waals surface area contributed by atoms with Gasteiger partial charge in [0.2, 0.25) is 9.84 Å². The Morgan fingerprint density at radius 1 is 0.706 bits per heavy atom. The van der Waals surface area contributed by atoms with Crippen molar-refractivity contribution in [1.29, 1.82) is 0 Å². The van der Waals surface area contributed by atoms with Gasteiger partial charge in [0.25, 0.3) is 0 Å². The fourth-order valence-corrected chi connectivity index (χ4v) is 4.77. The maximum absolute atomic E-state index is 12.8. The summed E-state index contributed by atoms with van der Waals surface area (Å²) in [6.07, 6.45) is 9.79. The van der Waals surface area contributed by atoms with Crippen molar-refractivity contribution in [3.8, 4) is 11.5 Å². The predicted octanol–water partition coefficient (Wildman–Crippen LogP) is 5.81. The zero-order valence-electron chi connectivity index (χ0n) is 19.7. The molecule has 0 bridgehead atoms. The minimum atomic E-state index is -3.67. The molecular weight excluding hydrogens is 456 g/mol. The molecule has 0 saturated heterocycles. The summed E-state index contributed by atoms with van der Waals surface area (Å²) in [6, 6.07) is 12.1. The summed E-state index contributed by atoms with van der Waals surface area (Å²) in [7, 11) is -3.67. The van der Waals surface area contributed by atoms with E-state index in [4.69, 9.17) is 14.6 Å². The highest BCUT2D eigenvalue weighted by atomic mass is 32.2. The monoisotopic (exact) mass is 490 g/mol. The molecular formula is C26H34O7S. The van der Waals surface area contributed by atoms with Crippen LogP contribution in [0.25, 0.3) is 0 Å². The van der Waals surface area contributed by atoms with Crippen LogP contribution >= 0.6 is 0 Å². The number of ether oxygens (including phenoxy) is 2. The zero-order chi connectivity index (χ0) is 24.8. The fourth-order valence-electron chi connectivity index (χ4n) is 3.51. The molecule has 0 heterocycles. The second-order valence-electron chi connectivity index (χ2n) is 8.21. The van der Waals surface area contributed by atoms with Gasteiger partial charge < -0.3 is 14.6 Å². The first kappa shape index (κ1) is 27.4. The molecule has 34 heavy (non-hydrogen) atoms. The van der Waals surface area contributed by atoms with Gasteiger partial charge in [-0.25, -0.2) is 8.42 Å². The van der Waals surface area contributed by atoms with Crippen molar-refractivity contribution < 1.29 is 32.6 Å². The summed E-state index contributed by atoms with van der Waals surface area (Å²) >= 11 is 0. The van der Waals surface area contributed by atoms with Crippen molar-refractivity contribution >= 4 is 21.8 Å². The third-order valence-electron chi connectivity index (χ3n) is 5.33. The normalized spacial score (nSPS) is 11.2. The van der Waals surface area contributed by atoms with Gasteiger partial charge in [0.1, 0.15) is 11.5 Å². The molecule has 0 aliphatic carbocycles. The first-order valence-corrected chi connectivity index (χ1v) is 13.3. The second-order valence-corrected chi connectivity index (χ2v) is 10.2. The van der Waals surface area contributed by atoms with E-state index in [1.54, 1.807) is 12.1 Å². The third kappa shape index (κ3) is 9.95. The average Bonchev–Trinajstić information content (AvgIpc) is 2.80. The van der Waals surface area contributed by atoms with Gasteiger partial charge in [-0.15, -0.1) is 0 Å². The van der Waals surface area contributed by atoms with Crippen LogP contribution in [-0.2, 0) is 19.4 Å². The Morgan fingerprint density at radius 3 is 1.62 bits per heavy atom. The van der Waals surface area contributed by atoms with Gasteiger partial charge in [-0.3, -0.25) is 9.59 Å². The molecule has 0 saturated carbocycles. The number of aliphatic carboxylic acids is 1. The first-order chi connectivity index (χ1) is 16.3. The van der Waals surface area contributed by atoms with Crippen molar-refractivity contribution in [2.75, 3.05) is 6.61 Å². The van der Waals surface area contributed by atoms with Crippen molar-refractivity contribution in [1.82, 2.24) is 0 Å². The van der Waals surface area contributed by atoms with Crippen LogP contribution in [0.2, 0.25) is 0 Å². The van der Waals surface area contributed by atoms with Gasteiger partial charge in [-0.1, -0.05) is 44.9 Å². The number of carbonyl (C=O) groups is 2. The molecule has 0 atom stereocenters. The Kier molecular flexibility index (Phi) is 11.6. The van der Waals surface area contributed by atoms with Crippen LogP contribution in [-0.4, -0.2) is 32.1 Å². The number of carboxylic acid groups (broad SMARTS) is 1. The van der Waals surface area contributed by atoms with E-state index in [-0.39, 0.29) is 16.2 Å². The molecule has 0 radical (unpaired) electrons. The predicted molar refractivity (Wildman–Crippen MR) is 129 cm³/mol. The topological polar surface area (TPSA) is 107 Å². The lowest BCUT2D eigenvalue weighted by Crippen LogP contribution is -2.04. The van der Waals surface area contributed by atoms with Crippen molar-refractivity contribution in [2.45, 2.75) is 80.9 Å². The van der Waals surface area contributed by atoms with Crippen LogP contribution in [0.1, 0.15) is 71.1 Å². The molecule has 0 aliphatic rings. The van der Waals surface area contributed by atoms with Gasteiger partial charge in [0, 0.05) is 13.3 Å². The highest BCUT2D eigenvalue weighted by molar-refractivity contribution is 7.91. The Hall–Kier alpha value is -2.87. The lowest BCUT2D eigenvalue weighted by molar-refractivity contribution is -0.137. The van der Waals surface area contributed by atoms with Crippen molar-refractivity contribution in [2.24, 2.45) is 0 Å². The number of hydrogen-bond donors (Lipinski definition) is 1. The molecule has 186 valence electrons. The largest absolute Gasteiger partial charge is 0.494 e. The summed E-state index contributed by atoms with van der Waals surface area (Å²) in [5.74, 6) is -0.255. The lowest BCUT2D eigenvalue weighted by atomic mass is 10.1. The maximum Gasteiger partial charge on any atom is 0.308 e. The summed E-state index contributed by atoms with van der Waals surface area (Å²) in [5, 5.41) is 8.60. The fraction of sp³-hybridized carbons (Fsp3) is 0.462. The van der Waals surface area contributed by atoms with E-state index in [1.807, 2.05) is 0 Å². The maximum atomic E-state index is 12.8. The molecule has 7 nitrogen and oxygen atoms in total. The van der Waals surface area contributed by atoms with Crippen LogP contribution in [0.15, 0.2) is 58.3 Å². The van der Waals surface area contributed by atoms with Gasteiger partial charge in [-0.05, 0) is 61.4 Å². The molecule has 0 fully saturated rings. The summed E-state index contributed by atoms with van der Waals surface area (Å²) < 4.78 is 36.3. The molecule has 8 heteroatoms.